The van der Waals surface area contributed by atoms with Gasteiger partial charge in [0.25, 0.3) is 0 Å². The summed E-state index contributed by atoms with van der Waals surface area (Å²) in [6, 6.07) is 5.54. The summed E-state index contributed by atoms with van der Waals surface area (Å²) in [4.78, 5) is 12.8. The van der Waals surface area contributed by atoms with E-state index in [0.717, 1.165) is 16.7 Å². The summed E-state index contributed by atoms with van der Waals surface area (Å²) in [5, 5.41) is 5.20. The zero-order valence-electron chi connectivity index (χ0n) is 10.1. The van der Waals surface area contributed by atoms with Gasteiger partial charge >= 0.3 is 0 Å². The van der Waals surface area contributed by atoms with Crippen LogP contribution in [0.5, 0.6) is 0 Å². The molecular weight excluding hydrogens is 228 g/mol. The molecule has 3 rings (SSSR count). The molecule has 18 heavy (non-hydrogen) atoms. The zero-order chi connectivity index (χ0) is 12.7. The summed E-state index contributed by atoms with van der Waals surface area (Å²) in [6.07, 6.45) is 1.52. The Hall–Kier alpha value is -2.50. The van der Waals surface area contributed by atoms with Crippen molar-refractivity contribution in [2.75, 3.05) is 5.73 Å². The number of hydrogen-bond acceptors (Lipinski definition) is 5. The second kappa shape index (κ2) is 3.76. The molecule has 0 unspecified atom stereocenters. The van der Waals surface area contributed by atoms with Crippen molar-refractivity contribution < 1.29 is 0 Å². The van der Waals surface area contributed by atoms with Crippen LogP contribution in [0.1, 0.15) is 11.6 Å². The van der Waals surface area contributed by atoms with Gasteiger partial charge in [0.05, 0.1) is 5.52 Å². The lowest BCUT2D eigenvalue weighted by Gasteiger charge is -2.06. The van der Waals surface area contributed by atoms with Crippen molar-refractivity contribution in [3.05, 3.63) is 36.2 Å². The van der Waals surface area contributed by atoms with Gasteiger partial charge in [-0.05, 0) is 32.0 Å². The quantitative estimate of drug-likeness (QED) is 0.650. The summed E-state index contributed by atoms with van der Waals surface area (Å²) in [5.41, 5.74) is 7.32. The summed E-state index contributed by atoms with van der Waals surface area (Å²) in [5.74, 6) is 2.20. The second-order valence-electron chi connectivity index (χ2n) is 4.09. The third-order valence-corrected chi connectivity index (χ3v) is 2.71. The Balaban J connectivity index is 2.35. The van der Waals surface area contributed by atoms with E-state index in [1.54, 1.807) is 4.68 Å². The smallest absolute Gasteiger partial charge is 0.166 e. The predicted octanol–water partition coefficient (Wildman–Crippen LogP) is 1.41. The van der Waals surface area contributed by atoms with Gasteiger partial charge in [-0.2, -0.15) is 4.68 Å². The fourth-order valence-electron chi connectivity index (χ4n) is 1.95. The molecule has 0 aliphatic rings. The van der Waals surface area contributed by atoms with Crippen LogP contribution < -0.4 is 5.73 Å². The van der Waals surface area contributed by atoms with Gasteiger partial charge in [-0.1, -0.05) is 0 Å². The first kappa shape index (κ1) is 10.6. The van der Waals surface area contributed by atoms with Crippen molar-refractivity contribution in [1.82, 2.24) is 24.7 Å². The van der Waals surface area contributed by atoms with E-state index in [4.69, 9.17) is 5.73 Å². The molecule has 0 fully saturated rings. The van der Waals surface area contributed by atoms with Gasteiger partial charge in [-0.25, -0.2) is 15.0 Å². The highest BCUT2D eigenvalue weighted by Gasteiger charge is 2.10. The highest BCUT2D eigenvalue weighted by Crippen LogP contribution is 2.21. The number of rotatable bonds is 1. The van der Waals surface area contributed by atoms with Crippen LogP contribution >= 0.6 is 0 Å². The molecule has 3 aromatic rings. The van der Waals surface area contributed by atoms with Gasteiger partial charge in [-0.15, -0.1) is 5.10 Å². The SMILES string of the molecule is Cc1nc(C)n(-c2ncnc3ccc(N)cc23)n1. The number of fused-ring (bicyclic) bond motifs is 1. The maximum Gasteiger partial charge on any atom is 0.166 e. The highest BCUT2D eigenvalue weighted by molar-refractivity contribution is 5.87. The molecule has 0 radical (unpaired) electrons. The van der Waals surface area contributed by atoms with Crippen LogP contribution in [0.3, 0.4) is 0 Å². The third-order valence-electron chi connectivity index (χ3n) is 2.71. The lowest BCUT2D eigenvalue weighted by Crippen LogP contribution is -2.04. The number of anilines is 1. The van der Waals surface area contributed by atoms with Crippen LogP contribution in [0.2, 0.25) is 0 Å². The summed E-state index contributed by atoms with van der Waals surface area (Å²) in [6.45, 7) is 3.74. The maximum absolute atomic E-state index is 5.81. The molecule has 2 heterocycles. The number of aromatic nitrogens is 5. The lowest BCUT2D eigenvalue weighted by molar-refractivity contribution is 0.808. The van der Waals surface area contributed by atoms with Gasteiger partial charge in [0.15, 0.2) is 5.82 Å². The number of nitrogens with two attached hydrogens (primary N) is 1. The fraction of sp³-hybridized carbons (Fsp3) is 0.167. The maximum atomic E-state index is 5.81. The van der Waals surface area contributed by atoms with Crippen LogP contribution in [0.25, 0.3) is 16.7 Å². The van der Waals surface area contributed by atoms with E-state index in [9.17, 15) is 0 Å². The number of nitrogens with zero attached hydrogens (tertiary/aromatic N) is 5. The lowest BCUT2D eigenvalue weighted by atomic mass is 10.2. The fourth-order valence-corrected chi connectivity index (χ4v) is 1.95. The van der Waals surface area contributed by atoms with Crippen molar-refractivity contribution in [2.24, 2.45) is 0 Å². The number of hydrogen-bond donors (Lipinski definition) is 1. The van der Waals surface area contributed by atoms with Gasteiger partial charge in [0, 0.05) is 11.1 Å². The van der Waals surface area contributed by atoms with Crippen molar-refractivity contribution in [3.63, 3.8) is 0 Å². The first-order chi connectivity index (χ1) is 8.65. The molecule has 90 valence electrons. The highest BCUT2D eigenvalue weighted by atomic mass is 15.4. The average molecular weight is 240 g/mol. The van der Waals surface area contributed by atoms with Gasteiger partial charge < -0.3 is 5.73 Å². The minimum atomic E-state index is 0.674. The Bertz CT molecular complexity index is 731. The Labute approximate surface area is 104 Å². The molecule has 0 bridgehead atoms. The minimum absolute atomic E-state index is 0.674. The number of aryl methyl sites for hydroxylation is 2. The third kappa shape index (κ3) is 1.58. The monoisotopic (exact) mass is 240 g/mol. The Morgan fingerprint density at radius 2 is 2.00 bits per heavy atom. The molecule has 2 N–H and O–H groups in total. The topological polar surface area (TPSA) is 82.5 Å². The van der Waals surface area contributed by atoms with Crippen LogP contribution in [-0.2, 0) is 0 Å². The molecule has 0 aliphatic carbocycles. The summed E-state index contributed by atoms with van der Waals surface area (Å²) < 4.78 is 1.71. The van der Waals surface area contributed by atoms with Crippen molar-refractivity contribution in [2.45, 2.75) is 13.8 Å². The van der Waals surface area contributed by atoms with Crippen LogP contribution in [0.15, 0.2) is 24.5 Å². The van der Waals surface area contributed by atoms with Crippen molar-refractivity contribution >= 4 is 16.6 Å². The molecular formula is C12H12N6. The minimum Gasteiger partial charge on any atom is -0.399 e. The Morgan fingerprint density at radius 3 is 2.72 bits per heavy atom. The number of nitrogen functional groups attached to an aromatic ring is 1. The first-order valence-electron chi connectivity index (χ1n) is 5.56. The van der Waals surface area contributed by atoms with Gasteiger partial charge in [-0.3, -0.25) is 0 Å². The molecule has 0 aliphatic heterocycles. The van der Waals surface area contributed by atoms with E-state index in [-0.39, 0.29) is 0 Å². The van der Waals surface area contributed by atoms with Gasteiger partial charge in [0.2, 0.25) is 0 Å². The van der Waals surface area contributed by atoms with Crippen LogP contribution in [0.4, 0.5) is 5.69 Å². The van der Waals surface area contributed by atoms with Crippen molar-refractivity contribution in [3.8, 4) is 5.82 Å². The van der Waals surface area contributed by atoms with E-state index in [1.807, 2.05) is 32.0 Å². The van der Waals surface area contributed by atoms with E-state index < -0.39 is 0 Å². The average Bonchev–Trinajstić information content (AvgIpc) is 2.67. The van der Waals surface area contributed by atoms with E-state index in [2.05, 4.69) is 20.1 Å². The molecule has 6 nitrogen and oxygen atoms in total. The van der Waals surface area contributed by atoms with E-state index in [1.165, 1.54) is 6.33 Å². The molecule has 0 spiro atoms. The molecule has 1 aromatic carbocycles. The Morgan fingerprint density at radius 1 is 1.17 bits per heavy atom. The molecule has 2 aromatic heterocycles. The normalized spacial score (nSPS) is 11.0. The van der Waals surface area contributed by atoms with E-state index in [0.29, 0.717) is 17.3 Å². The molecule has 0 atom stereocenters. The summed E-state index contributed by atoms with van der Waals surface area (Å²) in [7, 11) is 0. The first-order valence-corrected chi connectivity index (χ1v) is 5.56. The van der Waals surface area contributed by atoms with Gasteiger partial charge in [0.1, 0.15) is 18.0 Å². The molecule has 0 saturated carbocycles. The van der Waals surface area contributed by atoms with Crippen LogP contribution in [-0.4, -0.2) is 24.7 Å². The zero-order valence-corrected chi connectivity index (χ0v) is 10.1. The Kier molecular flexibility index (Phi) is 2.22. The second-order valence-corrected chi connectivity index (χ2v) is 4.09. The largest absolute Gasteiger partial charge is 0.399 e. The van der Waals surface area contributed by atoms with E-state index >= 15 is 0 Å². The number of benzene rings is 1. The predicted molar refractivity (Wildman–Crippen MR) is 68.3 cm³/mol. The van der Waals surface area contributed by atoms with Crippen LogP contribution in [0, 0.1) is 13.8 Å². The van der Waals surface area contributed by atoms with Crippen molar-refractivity contribution in [1.29, 1.82) is 0 Å². The summed E-state index contributed by atoms with van der Waals surface area (Å²) >= 11 is 0. The standard InChI is InChI=1S/C12H12N6/c1-7-16-8(2)18(17-7)12-10-5-9(13)3-4-11(10)14-6-15-12/h3-6H,13H2,1-2H3. The molecule has 0 saturated heterocycles. The molecule has 6 heteroatoms. The molecule has 0 amide bonds.